The van der Waals surface area contributed by atoms with Crippen molar-refractivity contribution in [2.75, 3.05) is 12.4 Å². The van der Waals surface area contributed by atoms with Crippen LogP contribution in [-0.2, 0) is 9.84 Å². The van der Waals surface area contributed by atoms with Gasteiger partial charge in [-0.3, -0.25) is 0 Å². The lowest BCUT2D eigenvalue weighted by Gasteiger charge is -2.19. The van der Waals surface area contributed by atoms with Crippen LogP contribution in [0, 0.1) is 0 Å². The van der Waals surface area contributed by atoms with Crippen molar-refractivity contribution in [3.8, 4) is 5.75 Å². The van der Waals surface area contributed by atoms with Crippen molar-refractivity contribution < 1.29 is 23.1 Å². The quantitative estimate of drug-likeness (QED) is 0.902. The van der Waals surface area contributed by atoms with Crippen LogP contribution in [0.3, 0.4) is 0 Å². The highest BCUT2D eigenvalue weighted by molar-refractivity contribution is 7.92. The summed E-state index contributed by atoms with van der Waals surface area (Å²) < 4.78 is 28.2. The molecule has 0 aliphatic heterocycles. The molecule has 0 bridgehead atoms. The standard InChI is InChI=1S/C13H17ClO5S/c1-13(2,3)20(17,18)8-7-19-10-6-4-5-9(14)11(10)12(15)16/h4-6H,7-8H2,1-3H3,(H,15,16). The average Bonchev–Trinajstić information content (AvgIpc) is 2.26. The number of hydrogen-bond acceptors (Lipinski definition) is 4. The number of hydrogen-bond donors (Lipinski definition) is 1. The molecule has 0 aromatic heterocycles. The van der Waals surface area contributed by atoms with Gasteiger partial charge in [-0.15, -0.1) is 0 Å². The summed E-state index contributed by atoms with van der Waals surface area (Å²) in [5, 5.41) is 9.10. The molecule has 1 rings (SSSR count). The van der Waals surface area contributed by atoms with Gasteiger partial charge < -0.3 is 9.84 Å². The molecule has 112 valence electrons. The number of rotatable bonds is 5. The Hall–Kier alpha value is -1.27. The molecule has 0 heterocycles. The first-order valence-corrected chi connectivity index (χ1v) is 7.96. The minimum atomic E-state index is -3.32. The van der Waals surface area contributed by atoms with E-state index in [9.17, 15) is 13.2 Å². The van der Waals surface area contributed by atoms with Crippen LogP contribution in [0.1, 0.15) is 31.1 Å². The average molecular weight is 321 g/mol. The van der Waals surface area contributed by atoms with Crippen LogP contribution in [0.25, 0.3) is 0 Å². The third-order valence-corrected chi connectivity index (χ3v) is 5.62. The molecule has 20 heavy (non-hydrogen) atoms. The highest BCUT2D eigenvalue weighted by Crippen LogP contribution is 2.26. The van der Waals surface area contributed by atoms with Gasteiger partial charge in [0, 0.05) is 0 Å². The van der Waals surface area contributed by atoms with Gasteiger partial charge in [-0.2, -0.15) is 0 Å². The number of sulfone groups is 1. The number of aromatic carboxylic acids is 1. The molecular formula is C13H17ClO5S. The Bertz CT molecular complexity index is 602. The van der Waals surface area contributed by atoms with E-state index in [1.54, 1.807) is 26.8 Å². The number of ether oxygens (including phenoxy) is 1. The Morgan fingerprint density at radius 2 is 1.95 bits per heavy atom. The van der Waals surface area contributed by atoms with Crippen LogP contribution in [-0.4, -0.2) is 36.6 Å². The fourth-order valence-corrected chi connectivity index (χ4v) is 2.56. The Balaban J connectivity index is 2.83. The topological polar surface area (TPSA) is 80.7 Å². The molecule has 0 aliphatic rings. The van der Waals surface area contributed by atoms with Crippen molar-refractivity contribution in [1.29, 1.82) is 0 Å². The van der Waals surface area contributed by atoms with E-state index < -0.39 is 20.6 Å². The maximum absolute atomic E-state index is 11.9. The maximum atomic E-state index is 11.9. The zero-order chi connectivity index (χ0) is 15.6. The molecule has 0 radical (unpaired) electrons. The van der Waals surface area contributed by atoms with E-state index in [0.29, 0.717) is 0 Å². The normalized spacial score (nSPS) is 12.2. The third-order valence-electron chi connectivity index (χ3n) is 2.73. The molecule has 5 nitrogen and oxygen atoms in total. The van der Waals surface area contributed by atoms with Crippen molar-refractivity contribution in [3.05, 3.63) is 28.8 Å². The highest BCUT2D eigenvalue weighted by Gasteiger charge is 2.28. The highest BCUT2D eigenvalue weighted by atomic mass is 35.5. The van der Waals surface area contributed by atoms with Gasteiger partial charge in [0.05, 0.1) is 15.5 Å². The van der Waals surface area contributed by atoms with E-state index >= 15 is 0 Å². The third kappa shape index (κ3) is 3.86. The van der Waals surface area contributed by atoms with E-state index in [-0.39, 0.29) is 28.7 Å². The first-order valence-electron chi connectivity index (χ1n) is 5.93. The number of halogens is 1. The number of carboxylic acid groups (broad SMARTS) is 1. The minimum Gasteiger partial charge on any atom is -0.492 e. The lowest BCUT2D eigenvalue weighted by molar-refractivity contribution is 0.0693. The Morgan fingerprint density at radius 3 is 2.45 bits per heavy atom. The Labute approximate surface area is 123 Å². The van der Waals surface area contributed by atoms with Gasteiger partial charge in [0.15, 0.2) is 9.84 Å². The zero-order valence-electron chi connectivity index (χ0n) is 11.5. The first-order chi connectivity index (χ1) is 9.06. The summed E-state index contributed by atoms with van der Waals surface area (Å²) in [6.07, 6.45) is 0. The fourth-order valence-electron chi connectivity index (χ4n) is 1.40. The summed E-state index contributed by atoms with van der Waals surface area (Å²) in [6.45, 7) is 4.68. The second-order valence-corrected chi connectivity index (χ2v) is 8.47. The summed E-state index contributed by atoms with van der Waals surface area (Å²) in [6, 6.07) is 4.42. The van der Waals surface area contributed by atoms with Gasteiger partial charge in [-0.1, -0.05) is 17.7 Å². The molecule has 0 atom stereocenters. The van der Waals surface area contributed by atoms with Crippen LogP contribution in [0.4, 0.5) is 0 Å². The smallest absolute Gasteiger partial charge is 0.341 e. The minimum absolute atomic E-state index is 0.0497. The second kappa shape index (κ2) is 6.01. The second-order valence-electron chi connectivity index (χ2n) is 5.20. The summed E-state index contributed by atoms with van der Waals surface area (Å²) in [4.78, 5) is 11.1. The zero-order valence-corrected chi connectivity index (χ0v) is 13.1. The summed E-state index contributed by atoms with van der Waals surface area (Å²) in [5.74, 6) is -1.35. The molecule has 0 unspecified atom stereocenters. The lowest BCUT2D eigenvalue weighted by atomic mass is 10.2. The fraction of sp³-hybridized carbons (Fsp3) is 0.462. The van der Waals surface area contributed by atoms with Gasteiger partial charge in [0.1, 0.15) is 17.9 Å². The van der Waals surface area contributed by atoms with Gasteiger partial charge in [-0.25, -0.2) is 13.2 Å². The molecule has 1 aromatic carbocycles. The van der Waals surface area contributed by atoms with Crippen LogP contribution < -0.4 is 4.74 Å². The van der Waals surface area contributed by atoms with Crippen LogP contribution in [0.2, 0.25) is 5.02 Å². The van der Waals surface area contributed by atoms with Crippen molar-refractivity contribution in [1.82, 2.24) is 0 Å². The summed E-state index contributed by atoms with van der Waals surface area (Å²) in [5.41, 5.74) is -0.165. The number of carboxylic acids is 1. The number of benzene rings is 1. The van der Waals surface area contributed by atoms with Crippen molar-refractivity contribution >= 4 is 27.4 Å². The largest absolute Gasteiger partial charge is 0.492 e. The summed E-state index contributed by atoms with van der Waals surface area (Å²) in [7, 11) is -3.32. The Kier molecular flexibility index (Phi) is 5.05. The van der Waals surface area contributed by atoms with E-state index in [2.05, 4.69) is 0 Å². The van der Waals surface area contributed by atoms with Gasteiger partial charge in [0.2, 0.25) is 0 Å². The monoisotopic (exact) mass is 320 g/mol. The summed E-state index contributed by atoms with van der Waals surface area (Å²) >= 11 is 5.79. The molecule has 0 saturated carbocycles. The number of carbonyl (C=O) groups is 1. The maximum Gasteiger partial charge on any atom is 0.341 e. The molecule has 7 heteroatoms. The van der Waals surface area contributed by atoms with Crippen LogP contribution in [0.5, 0.6) is 5.75 Å². The predicted molar refractivity (Wildman–Crippen MR) is 77.4 cm³/mol. The van der Waals surface area contributed by atoms with Crippen molar-refractivity contribution in [3.63, 3.8) is 0 Å². The van der Waals surface area contributed by atoms with E-state index in [4.69, 9.17) is 21.4 Å². The molecule has 1 aromatic rings. The van der Waals surface area contributed by atoms with Gasteiger partial charge in [0.25, 0.3) is 0 Å². The van der Waals surface area contributed by atoms with Gasteiger partial charge >= 0.3 is 5.97 Å². The van der Waals surface area contributed by atoms with E-state index in [0.717, 1.165) is 0 Å². The van der Waals surface area contributed by atoms with Crippen LogP contribution >= 0.6 is 11.6 Å². The SMILES string of the molecule is CC(C)(C)S(=O)(=O)CCOc1cccc(Cl)c1C(=O)O. The molecule has 1 N–H and O–H groups in total. The van der Waals surface area contributed by atoms with Crippen LogP contribution in [0.15, 0.2) is 18.2 Å². The molecular weight excluding hydrogens is 304 g/mol. The lowest BCUT2D eigenvalue weighted by Crippen LogP contribution is -2.32. The van der Waals surface area contributed by atoms with Gasteiger partial charge in [-0.05, 0) is 32.9 Å². The molecule has 0 fully saturated rings. The molecule has 0 saturated heterocycles. The van der Waals surface area contributed by atoms with E-state index in [1.165, 1.54) is 12.1 Å². The molecule has 0 amide bonds. The van der Waals surface area contributed by atoms with Crippen molar-refractivity contribution in [2.45, 2.75) is 25.5 Å². The first kappa shape index (κ1) is 16.8. The van der Waals surface area contributed by atoms with Crippen molar-refractivity contribution in [2.24, 2.45) is 0 Å². The molecule has 0 aliphatic carbocycles. The van der Waals surface area contributed by atoms with E-state index in [1.807, 2.05) is 0 Å². The predicted octanol–water partition coefficient (Wildman–Crippen LogP) is 2.63. The molecule has 0 spiro atoms. The Morgan fingerprint density at radius 1 is 1.35 bits per heavy atom.